The summed E-state index contributed by atoms with van der Waals surface area (Å²) < 4.78 is 19.3. The molecule has 138 valence electrons. The number of benzene rings is 2. The van der Waals surface area contributed by atoms with Crippen molar-refractivity contribution in [1.29, 1.82) is 0 Å². The van der Waals surface area contributed by atoms with E-state index in [0.717, 1.165) is 51.3 Å². The van der Waals surface area contributed by atoms with Crippen molar-refractivity contribution in [1.82, 2.24) is 4.90 Å². The SMILES string of the molecule is CC1Cc2ccccc2C(CCN2CCN(c3ccc(F)cc3)CC2)O1. The highest BCUT2D eigenvalue weighted by atomic mass is 19.1. The van der Waals surface area contributed by atoms with Crippen LogP contribution in [0.4, 0.5) is 10.1 Å². The van der Waals surface area contributed by atoms with Gasteiger partial charge in [0.05, 0.1) is 12.2 Å². The predicted octanol–water partition coefficient (Wildman–Crippen LogP) is 4.04. The molecule has 26 heavy (non-hydrogen) atoms. The molecule has 3 nitrogen and oxygen atoms in total. The van der Waals surface area contributed by atoms with Gasteiger partial charge in [0.15, 0.2) is 0 Å². The van der Waals surface area contributed by atoms with Gasteiger partial charge in [-0.1, -0.05) is 24.3 Å². The molecular formula is C22H27FN2O. The van der Waals surface area contributed by atoms with Crippen LogP contribution in [0.1, 0.15) is 30.6 Å². The van der Waals surface area contributed by atoms with Gasteiger partial charge in [-0.25, -0.2) is 4.39 Å². The number of anilines is 1. The van der Waals surface area contributed by atoms with Gasteiger partial charge < -0.3 is 9.64 Å². The molecule has 0 aliphatic carbocycles. The van der Waals surface area contributed by atoms with Crippen molar-refractivity contribution >= 4 is 5.69 Å². The minimum absolute atomic E-state index is 0.172. The number of rotatable bonds is 4. The lowest BCUT2D eigenvalue weighted by atomic mass is 9.93. The Morgan fingerprint density at radius 3 is 2.50 bits per heavy atom. The van der Waals surface area contributed by atoms with Crippen molar-refractivity contribution in [3.63, 3.8) is 0 Å². The van der Waals surface area contributed by atoms with E-state index in [1.807, 2.05) is 12.1 Å². The van der Waals surface area contributed by atoms with Crippen molar-refractivity contribution in [3.8, 4) is 0 Å². The Bertz CT molecular complexity index is 725. The first kappa shape index (κ1) is 17.5. The molecule has 0 radical (unpaired) electrons. The van der Waals surface area contributed by atoms with E-state index in [9.17, 15) is 4.39 Å². The molecule has 1 fully saturated rings. The summed E-state index contributed by atoms with van der Waals surface area (Å²) in [5.74, 6) is -0.172. The van der Waals surface area contributed by atoms with Gasteiger partial charge in [-0.15, -0.1) is 0 Å². The molecule has 2 unspecified atom stereocenters. The first-order valence-electron chi connectivity index (χ1n) is 9.65. The third-order valence-electron chi connectivity index (χ3n) is 5.58. The second-order valence-electron chi connectivity index (χ2n) is 7.43. The quantitative estimate of drug-likeness (QED) is 0.824. The van der Waals surface area contributed by atoms with Gasteiger partial charge in [0.1, 0.15) is 5.82 Å². The molecule has 0 N–H and O–H groups in total. The molecule has 2 atom stereocenters. The highest BCUT2D eigenvalue weighted by Crippen LogP contribution is 2.32. The second-order valence-corrected chi connectivity index (χ2v) is 7.43. The van der Waals surface area contributed by atoms with Gasteiger partial charge in [-0.3, -0.25) is 4.90 Å². The molecular weight excluding hydrogens is 327 g/mol. The zero-order valence-electron chi connectivity index (χ0n) is 15.4. The summed E-state index contributed by atoms with van der Waals surface area (Å²) in [5, 5.41) is 0. The molecule has 0 spiro atoms. The summed E-state index contributed by atoms with van der Waals surface area (Å²) in [6, 6.07) is 15.5. The van der Waals surface area contributed by atoms with Crippen LogP contribution in [-0.2, 0) is 11.2 Å². The Labute approximate surface area is 155 Å². The van der Waals surface area contributed by atoms with Crippen molar-refractivity contribution < 1.29 is 9.13 Å². The van der Waals surface area contributed by atoms with Crippen LogP contribution < -0.4 is 4.90 Å². The summed E-state index contributed by atoms with van der Waals surface area (Å²) in [6.45, 7) is 7.30. The maximum Gasteiger partial charge on any atom is 0.123 e. The predicted molar refractivity (Wildman–Crippen MR) is 103 cm³/mol. The minimum Gasteiger partial charge on any atom is -0.370 e. The van der Waals surface area contributed by atoms with Crippen LogP contribution in [0.3, 0.4) is 0 Å². The van der Waals surface area contributed by atoms with Crippen LogP contribution in [0, 0.1) is 5.82 Å². The number of halogens is 1. The van der Waals surface area contributed by atoms with E-state index in [4.69, 9.17) is 4.74 Å². The third-order valence-corrected chi connectivity index (χ3v) is 5.58. The average molecular weight is 354 g/mol. The van der Waals surface area contributed by atoms with E-state index in [-0.39, 0.29) is 11.9 Å². The van der Waals surface area contributed by atoms with Gasteiger partial charge in [0, 0.05) is 38.4 Å². The van der Waals surface area contributed by atoms with Crippen molar-refractivity contribution in [2.45, 2.75) is 32.0 Å². The third kappa shape index (κ3) is 3.92. The summed E-state index contributed by atoms with van der Waals surface area (Å²) >= 11 is 0. The monoisotopic (exact) mass is 354 g/mol. The summed E-state index contributed by atoms with van der Waals surface area (Å²) in [4.78, 5) is 4.86. The van der Waals surface area contributed by atoms with Gasteiger partial charge in [-0.05, 0) is 55.2 Å². The summed E-state index contributed by atoms with van der Waals surface area (Å²) in [7, 11) is 0. The number of hydrogen-bond acceptors (Lipinski definition) is 3. The van der Waals surface area contributed by atoms with Gasteiger partial charge in [-0.2, -0.15) is 0 Å². The lowest BCUT2D eigenvalue weighted by Gasteiger charge is -2.37. The standard InChI is InChI=1S/C22H27FN2O/c1-17-16-18-4-2-3-5-21(18)22(26-17)10-11-24-12-14-25(15-13-24)20-8-6-19(23)7-9-20/h2-9,17,22H,10-16H2,1H3. The van der Waals surface area contributed by atoms with Gasteiger partial charge in [0.2, 0.25) is 0 Å². The lowest BCUT2D eigenvalue weighted by molar-refractivity contribution is -0.0242. The Balaban J connectivity index is 1.31. The van der Waals surface area contributed by atoms with Crippen LogP contribution >= 0.6 is 0 Å². The van der Waals surface area contributed by atoms with Crippen LogP contribution in [0.2, 0.25) is 0 Å². The van der Waals surface area contributed by atoms with Crippen LogP contribution in [0.15, 0.2) is 48.5 Å². The molecule has 2 aromatic rings. The normalized spacial score (nSPS) is 23.7. The van der Waals surface area contributed by atoms with E-state index in [0.29, 0.717) is 6.10 Å². The fourth-order valence-electron chi connectivity index (χ4n) is 4.15. The Morgan fingerprint density at radius 1 is 1.00 bits per heavy atom. The van der Waals surface area contributed by atoms with Gasteiger partial charge in [0.25, 0.3) is 0 Å². The van der Waals surface area contributed by atoms with E-state index in [2.05, 4.69) is 41.0 Å². The Morgan fingerprint density at radius 2 is 1.73 bits per heavy atom. The van der Waals surface area contributed by atoms with Crippen molar-refractivity contribution in [2.75, 3.05) is 37.6 Å². The molecule has 2 aliphatic rings. The molecule has 4 heteroatoms. The average Bonchev–Trinajstić information content (AvgIpc) is 2.67. The number of piperazine rings is 1. The molecule has 1 saturated heterocycles. The van der Waals surface area contributed by atoms with Crippen LogP contribution in [0.5, 0.6) is 0 Å². The molecule has 4 rings (SSSR count). The minimum atomic E-state index is -0.172. The zero-order valence-corrected chi connectivity index (χ0v) is 15.4. The van der Waals surface area contributed by atoms with Crippen LogP contribution in [-0.4, -0.2) is 43.7 Å². The lowest BCUT2D eigenvalue weighted by Crippen LogP contribution is -2.47. The number of ether oxygens (including phenoxy) is 1. The maximum atomic E-state index is 13.1. The first-order chi connectivity index (χ1) is 12.7. The molecule has 0 bridgehead atoms. The van der Waals surface area contributed by atoms with E-state index < -0.39 is 0 Å². The molecule has 0 aromatic heterocycles. The Kier molecular flexibility index (Phi) is 5.23. The second kappa shape index (κ2) is 7.77. The topological polar surface area (TPSA) is 15.7 Å². The molecule has 2 heterocycles. The number of fused-ring (bicyclic) bond motifs is 1. The largest absolute Gasteiger partial charge is 0.370 e. The van der Waals surface area contributed by atoms with Crippen molar-refractivity contribution in [3.05, 3.63) is 65.5 Å². The highest BCUT2D eigenvalue weighted by molar-refractivity contribution is 5.46. The Hall–Kier alpha value is -1.91. The van der Waals surface area contributed by atoms with E-state index in [1.54, 1.807) is 12.1 Å². The molecule has 0 amide bonds. The van der Waals surface area contributed by atoms with E-state index >= 15 is 0 Å². The number of nitrogens with zero attached hydrogens (tertiary/aromatic N) is 2. The fraction of sp³-hybridized carbons (Fsp3) is 0.455. The zero-order chi connectivity index (χ0) is 17.9. The highest BCUT2D eigenvalue weighted by Gasteiger charge is 2.26. The fourth-order valence-corrected chi connectivity index (χ4v) is 4.15. The summed E-state index contributed by atoms with van der Waals surface area (Å²) in [5.41, 5.74) is 3.93. The molecule has 2 aliphatic heterocycles. The van der Waals surface area contributed by atoms with Gasteiger partial charge >= 0.3 is 0 Å². The first-order valence-corrected chi connectivity index (χ1v) is 9.65. The van der Waals surface area contributed by atoms with E-state index in [1.165, 1.54) is 11.1 Å². The smallest absolute Gasteiger partial charge is 0.123 e. The molecule has 0 saturated carbocycles. The maximum absolute atomic E-state index is 13.1. The van der Waals surface area contributed by atoms with Crippen LogP contribution in [0.25, 0.3) is 0 Å². The number of hydrogen-bond donors (Lipinski definition) is 0. The summed E-state index contributed by atoms with van der Waals surface area (Å²) in [6.07, 6.45) is 2.57. The van der Waals surface area contributed by atoms with Crippen molar-refractivity contribution in [2.24, 2.45) is 0 Å². The molecule has 2 aromatic carbocycles.